The molecule has 1 aromatic heterocycles. The average Bonchev–Trinajstić information content (AvgIpc) is 3.47. The lowest BCUT2D eigenvalue weighted by molar-refractivity contribution is 0.0980. The second-order valence-electron chi connectivity index (χ2n) is 10.6. The number of hydrogen-bond donors (Lipinski definition) is 4. The van der Waals surface area contributed by atoms with Gasteiger partial charge in [-0.2, -0.15) is 0 Å². The second kappa shape index (κ2) is 12.1. The van der Waals surface area contributed by atoms with Crippen LogP contribution in [-0.4, -0.2) is 99.9 Å². The minimum absolute atomic E-state index is 0.0658. The largest absolute Gasteiger partial charge is 0.384 e. The molecule has 3 heterocycles. The van der Waals surface area contributed by atoms with Crippen LogP contribution in [0.15, 0.2) is 35.7 Å². The number of ketones is 2. The molecule has 3 aromatic rings. The fourth-order valence-electron chi connectivity index (χ4n) is 6.05. The van der Waals surface area contributed by atoms with E-state index in [2.05, 4.69) is 42.5 Å². The van der Waals surface area contributed by atoms with Crippen LogP contribution in [0.1, 0.15) is 44.7 Å². The lowest BCUT2D eigenvalue weighted by Crippen LogP contribution is -2.44. The zero-order valence-corrected chi connectivity index (χ0v) is 23.3. The number of anilines is 2. The predicted molar refractivity (Wildman–Crippen MR) is 160 cm³/mol. The molecular formula is C30H38N6O2S. The fourth-order valence-corrected chi connectivity index (χ4v) is 6.98. The molecule has 8 nitrogen and oxygen atoms in total. The van der Waals surface area contributed by atoms with Crippen molar-refractivity contribution >= 4 is 44.4 Å². The first-order chi connectivity index (χ1) is 19.2. The Kier molecular flexibility index (Phi) is 8.22. The van der Waals surface area contributed by atoms with Crippen LogP contribution in [0.25, 0.3) is 10.1 Å². The summed E-state index contributed by atoms with van der Waals surface area (Å²) >= 11 is 1.63. The zero-order valence-electron chi connectivity index (χ0n) is 22.5. The van der Waals surface area contributed by atoms with Crippen molar-refractivity contribution in [1.29, 1.82) is 0 Å². The van der Waals surface area contributed by atoms with Crippen molar-refractivity contribution < 1.29 is 9.59 Å². The highest BCUT2D eigenvalue weighted by Crippen LogP contribution is 2.45. The Morgan fingerprint density at radius 3 is 1.79 bits per heavy atom. The van der Waals surface area contributed by atoms with Crippen molar-refractivity contribution in [2.45, 2.75) is 12.8 Å². The van der Waals surface area contributed by atoms with Gasteiger partial charge in [0.05, 0.1) is 27.2 Å². The summed E-state index contributed by atoms with van der Waals surface area (Å²) in [5.74, 6) is -0.134. The van der Waals surface area contributed by atoms with Crippen LogP contribution in [0.3, 0.4) is 0 Å². The summed E-state index contributed by atoms with van der Waals surface area (Å²) < 4.78 is 1.04. The Morgan fingerprint density at radius 1 is 0.718 bits per heavy atom. The molecule has 0 amide bonds. The molecule has 2 saturated heterocycles. The summed E-state index contributed by atoms with van der Waals surface area (Å²) in [6.45, 7) is 12.0. The van der Waals surface area contributed by atoms with Gasteiger partial charge in [-0.1, -0.05) is 24.3 Å². The lowest BCUT2D eigenvalue weighted by atomic mass is 9.81. The van der Waals surface area contributed by atoms with Crippen LogP contribution in [-0.2, 0) is 0 Å². The third kappa shape index (κ3) is 5.47. The normalized spacial score (nSPS) is 18.3. The van der Waals surface area contributed by atoms with Gasteiger partial charge in [0.15, 0.2) is 11.6 Å². The number of piperazine rings is 2. The highest BCUT2D eigenvalue weighted by atomic mass is 32.1. The number of nitrogens with one attached hydrogen (secondary N) is 4. The number of rotatable bonds is 10. The summed E-state index contributed by atoms with van der Waals surface area (Å²) in [6.07, 6.45) is 1.96. The number of hydrogen-bond acceptors (Lipinski definition) is 9. The second-order valence-corrected chi connectivity index (χ2v) is 11.5. The Bertz CT molecular complexity index is 1240. The highest BCUT2D eigenvalue weighted by Gasteiger charge is 2.36. The Morgan fingerprint density at radius 2 is 1.23 bits per heavy atom. The van der Waals surface area contributed by atoms with Crippen LogP contribution < -0.4 is 21.3 Å². The van der Waals surface area contributed by atoms with Gasteiger partial charge in [-0.3, -0.25) is 9.59 Å². The van der Waals surface area contributed by atoms with Crippen LogP contribution in [0.5, 0.6) is 0 Å². The molecule has 0 bridgehead atoms. The van der Waals surface area contributed by atoms with Crippen LogP contribution in [0.2, 0.25) is 0 Å². The minimum atomic E-state index is -0.0678. The monoisotopic (exact) mass is 546 g/mol. The molecule has 206 valence electrons. The molecule has 4 N–H and O–H groups in total. The van der Waals surface area contributed by atoms with Crippen LogP contribution >= 0.6 is 11.3 Å². The van der Waals surface area contributed by atoms with E-state index < -0.39 is 0 Å². The molecule has 0 unspecified atom stereocenters. The first-order valence-electron chi connectivity index (χ1n) is 14.3. The number of fused-ring (bicyclic) bond motifs is 3. The number of carbonyl (C=O) groups is 2. The van der Waals surface area contributed by atoms with Gasteiger partial charge in [-0.25, -0.2) is 0 Å². The van der Waals surface area contributed by atoms with Gasteiger partial charge in [0, 0.05) is 82.0 Å². The van der Waals surface area contributed by atoms with E-state index >= 15 is 0 Å². The molecule has 0 spiro atoms. The predicted octanol–water partition coefficient (Wildman–Crippen LogP) is 3.09. The molecule has 2 fully saturated rings. The lowest BCUT2D eigenvalue weighted by Gasteiger charge is -2.28. The highest BCUT2D eigenvalue weighted by molar-refractivity contribution is 7.18. The van der Waals surface area contributed by atoms with Gasteiger partial charge in [0.25, 0.3) is 0 Å². The molecular weight excluding hydrogens is 508 g/mol. The quantitative estimate of drug-likeness (QED) is 0.178. The van der Waals surface area contributed by atoms with E-state index in [9.17, 15) is 9.59 Å². The number of thiophene rings is 1. The molecule has 2 aromatic carbocycles. The van der Waals surface area contributed by atoms with E-state index in [-0.39, 0.29) is 11.6 Å². The Labute approximate surface area is 234 Å². The van der Waals surface area contributed by atoms with Crippen molar-refractivity contribution in [3.05, 3.63) is 58.0 Å². The minimum Gasteiger partial charge on any atom is -0.384 e. The third-order valence-electron chi connectivity index (χ3n) is 8.11. The van der Waals surface area contributed by atoms with Gasteiger partial charge in [0.2, 0.25) is 0 Å². The average molecular weight is 547 g/mol. The Balaban J connectivity index is 1.29. The molecule has 39 heavy (non-hydrogen) atoms. The molecule has 9 heteroatoms. The van der Waals surface area contributed by atoms with Crippen molar-refractivity contribution in [2.24, 2.45) is 0 Å². The van der Waals surface area contributed by atoms with Gasteiger partial charge in [-0.05, 0) is 37.4 Å². The zero-order chi connectivity index (χ0) is 26.6. The summed E-state index contributed by atoms with van der Waals surface area (Å²) in [4.78, 5) is 32.9. The van der Waals surface area contributed by atoms with E-state index in [0.29, 0.717) is 22.3 Å². The first-order valence-corrected chi connectivity index (χ1v) is 15.2. The molecule has 0 saturated carbocycles. The smallest absolute Gasteiger partial charge is 0.196 e. The van der Waals surface area contributed by atoms with E-state index in [4.69, 9.17) is 0 Å². The first kappa shape index (κ1) is 26.4. The topological polar surface area (TPSA) is 88.7 Å². The standard InChI is InChI=1S/C30H38N6O2S/c37-28-21-5-1-2-6-22(21)29(38)25-24(28)26(33-8-3-14-35-16-10-31-11-17-35)23-7-20-39-30(23)27(25)34-9-4-15-36-18-12-32-13-19-36/h1-2,5-7,20,31-34H,3-4,8-19H2. The van der Waals surface area contributed by atoms with Crippen molar-refractivity contribution in [3.63, 3.8) is 0 Å². The van der Waals surface area contributed by atoms with Gasteiger partial charge in [0.1, 0.15) is 0 Å². The van der Waals surface area contributed by atoms with E-state index in [1.165, 1.54) is 0 Å². The maximum absolute atomic E-state index is 14.0. The van der Waals surface area contributed by atoms with Gasteiger partial charge >= 0.3 is 0 Å². The Hall–Kier alpha value is -2.82. The van der Waals surface area contributed by atoms with E-state index in [1.54, 1.807) is 23.5 Å². The maximum Gasteiger partial charge on any atom is 0.196 e. The van der Waals surface area contributed by atoms with Crippen molar-refractivity contribution in [2.75, 3.05) is 89.2 Å². The summed E-state index contributed by atoms with van der Waals surface area (Å²) in [6, 6.07) is 9.34. The van der Waals surface area contributed by atoms with Crippen molar-refractivity contribution in [3.8, 4) is 0 Å². The van der Waals surface area contributed by atoms with Gasteiger partial charge in [-0.15, -0.1) is 11.3 Å². The van der Waals surface area contributed by atoms with E-state index in [1.807, 2.05) is 12.1 Å². The van der Waals surface area contributed by atoms with E-state index in [0.717, 1.165) is 113 Å². The van der Waals surface area contributed by atoms with Crippen LogP contribution in [0.4, 0.5) is 11.4 Å². The maximum atomic E-state index is 14.0. The summed E-state index contributed by atoms with van der Waals surface area (Å²) in [5.41, 5.74) is 3.67. The summed E-state index contributed by atoms with van der Waals surface area (Å²) in [7, 11) is 0. The molecule has 0 atom stereocenters. The number of benzene rings is 2. The molecule has 6 rings (SSSR count). The summed E-state index contributed by atoms with van der Waals surface area (Å²) in [5, 5.41) is 17.1. The van der Waals surface area contributed by atoms with Crippen molar-refractivity contribution in [1.82, 2.24) is 20.4 Å². The molecule has 3 aliphatic rings. The van der Waals surface area contributed by atoms with Crippen LogP contribution in [0, 0.1) is 0 Å². The third-order valence-corrected chi connectivity index (χ3v) is 9.04. The molecule has 2 aliphatic heterocycles. The molecule has 1 aliphatic carbocycles. The number of carbonyl (C=O) groups excluding carboxylic acids is 2. The number of nitrogens with zero attached hydrogens (tertiary/aromatic N) is 2. The SMILES string of the molecule is O=C1c2ccccc2C(=O)c2c1c(NCCCN1CCNCC1)c1ccsc1c2NCCCN1CCNCC1. The fraction of sp³-hybridized carbons (Fsp3) is 0.467. The molecule has 0 radical (unpaired) electrons. The van der Waals surface area contributed by atoms with Gasteiger partial charge < -0.3 is 31.1 Å².